The van der Waals surface area contributed by atoms with Crippen LogP contribution in [0.25, 0.3) is 0 Å². The van der Waals surface area contributed by atoms with E-state index in [0.717, 1.165) is 27.6 Å². The molecule has 10 heteroatoms. The molecule has 8 nitrogen and oxygen atoms in total. The van der Waals surface area contributed by atoms with Crippen molar-refractivity contribution in [2.45, 2.75) is 48.3 Å². The number of carboxylic acid groups (broad SMARTS) is 1. The second-order valence-electron chi connectivity index (χ2n) is 11.0. The zero-order valence-corrected chi connectivity index (χ0v) is 22.5. The van der Waals surface area contributed by atoms with Gasteiger partial charge >= 0.3 is 10.8 Å². The molecule has 1 aromatic heterocycles. The summed E-state index contributed by atoms with van der Waals surface area (Å²) in [7, 11) is 4.02. The number of amides is 2. The van der Waals surface area contributed by atoms with Gasteiger partial charge in [0.15, 0.2) is 0 Å². The number of hydrogen-bond donors (Lipinski definition) is 2. The van der Waals surface area contributed by atoms with Gasteiger partial charge in [0.2, 0.25) is 11.8 Å². The molecule has 7 atom stereocenters. The molecule has 2 aliphatic heterocycles. The van der Waals surface area contributed by atoms with Crippen LogP contribution in [0.15, 0.2) is 34.1 Å². The number of H-pyrrole nitrogens is 1. The number of benzene rings is 1. The summed E-state index contributed by atoms with van der Waals surface area (Å²) < 4.78 is 0. The molecule has 1 aromatic carbocycles. The van der Waals surface area contributed by atoms with Crippen LogP contribution in [0.5, 0.6) is 0 Å². The van der Waals surface area contributed by atoms with Crippen molar-refractivity contribution in [3.63, 3.8) is 0 Å². The largest absolute Gasteiger partial charge is 0.481 e. The lowest BCUT2D eigenvalue weighted by Crippen LogP contribution is -2.42. The van der Waals surface area contributed by atoms with Gasteiger partial charge in [0.1, 0.15) is 0 Å². The summed E-state index contributed by atoms with van der Waals surface area (Å²) in [6.07, 6.45) is 2.87. The molecule has 37 heavy (non-hydrogen) atoms. The van der Waals surface area contributed by atoms with E-state index >= 15 is 0 Å². The number of thiazole rings is 1. The molecule has 0 unspecified atom stereocenters. The summed E-state index contributed by atoms with van der Waals surface area (Å²) in [5.41, 5.74) is 2.27. The average Bonchev–Trinajstić information content (AvgIpc) is 3.58. The van der Waals surface area contributed by atoms with Crippen molar-refractivity contribution in [3.8, 4) is 0 Å². The fraction of sp³-hybridized carbons (Fsp3) is 0.556. The van der Waals surface area contributed by atoms with Crippen LogP contribution < -0.4 is 9.77 Å². The molecule has 2 amide bonds. The smallest absolute Gasteiger partial charge is 0.305 e. The minimum atomic E-state index is -0.819. The van der Waals surface area contributed by atoms with Crippen molar-refractivity contribution < 1.29 is 19.5 Å². The van der Waals surface area contributed by atoms with Gasteiger partial charge < -0.3 is 15.0 Å². The van der Waals surface area contributed by atoms with E-state index in [-0.39, 0.29) is 63.9 Å². The number of aromatic amines is 1. The molecule has 3 fully saturated rings. The Kier molecular flexibility index (Phi) is 6.22. The Balaban J connectivity index is 1.28. The van der Waals surface area contributed by atoms with E-state index in [1.165, 1.54) is 16.2 Å². The molecule has 3 heterocycles. The number of aromatic nitrogens is 1. The molecule has 2 saturated carbocycles. The number of carbonyl (C=O) groups excluding carboxylic acids is 2. The molecular weight excluding hydrogens is 510 g/mol. The van der Waals surface area contributed by atoms with Crippen molar-refractivity contribution in [3.05, 3.63) is 44.4 Å². The fourth-order valence-electron chi connectivity index (χ4n) is 7.37. The van der Waals surface area contributed by atoms with Gasteiger partial charge in [-0.25, -0.2) is 0 Å². The quantitative estimate of drug-likeness (QED) is 0.388. The third-order valence-electron chi connectivity index (χ3n) is 8.86. The maximum Gasteiger partial charge on any atom is 0.305 e. The minimum absolute atomic E-state index is 0.0327. The first-order valence-corrected chi connectivity index (χ1v) is 14.7. The molecule has 4 aliphatic rings. The Morgan fingerprint density at radius 1 is 1.05 bits per heavy atom. The Hall–Kier alpha value is -2.59. The second-order valence-corrected chi connectivity index (χ2v) is 13.2. The van der Waals surface area contributed by atoms with Crippen LogP contribution in [0.3, 0.4) is 0 Å². The van der Waals surface area contributed by atoms with E-state index in [9.17, 15) is 19.2 Å². The number of thioether (sulfide) groups is 1. The molecule has 2 aliphatic carbocycles. The van der Waals surface area contributed by atoms with E-state index in [0.29, 0.717) is 25.8 Å². The highest BCUT2D eigenvalue weighted by atomic mass is 32.2. The van der Waals surface area contributed by atoms with Crippen molar-refractivity contribution >= 4 is 46.6 Å². The third kappa shape index (κ3) is 3.94. The zero-order chi connectivity index (χ0) is 26.0. The summed E-state index contributed by atoms with van der Waals surface area (Å²) in [5, 5.41) is 9.96. The minimum Gasteiger partial charge on any atom is -0.481 e. The van der Waals surface area contributed by atoms with Gasteiger partial charge in [-0.1, -0.05) is 29.9 Å². The number of carbonyl (C=O) groups is 3. The summed E-state index contributed by atoms with van der Waals surface area (Å²) >= 11 is 2.99. The molecule has 6 rings (SSSR count). The van der Waals surface area contributed by atoms with Crippen molar-refractivity contribution in [1.82, 2.24) is 9.88 Å². The van der Waals surface area contributed by atoms with Crippen LogP contribution in [-0.2, 0) is 14.4 Å². The molecule has 0 spiro atoms. The number of likely N-dealkylation sites (tertiary alicyclic amines) is 1. The maximum absolute atomic E-state index is 13.6. The number of imide groups is 1. The number of aliphatic carboxylic acids is 1. The Bertz CT molecular complexity index is 1300. The topological polar surface area (TPSA) is 111 Å². The van der Waals surface area contributed by atoms with Crippen molar-refractivity contribution in [1.29, 1.82) is 0 Å². The first-order chi connectivity index (χ1) is 17.8. The lowest BCUT2D eigenvalue weighted by atomic mass is 9.68. The van der Waals surface area contributed by atoms with E-state index in [1.807, 2.05) is 14.1 Å². The first-order valence-electron chi connectivity index (χ1n) is 13.0. The fourth-order valence-corrected chi connectivity index (χ4v) is 10.3. The molecule has 2 N–H and O–H groups in total. The summed E-state index contributed by atoms with van der Waals surface area (Å²) in [6, 6.07) is 8.51. The summed E-state index contributed by atoms with van der Waals surface area (Å²) in [6.45, 7) is 0.377. The molecule has 0 radical (unpaired) electrons. The van der Waals surface area contributed by atoms with Crippen LogP contribution in [0, 0.1) is 29.6 Å². The van der Waals surface area contributed by atoms with Gasteiger partial charge in [-0.3, -0.25) is 24.1 Å². The summed E-state index contributed by atoms with van der Waals surface area (Å²) in [5.74, 6) is -0.981. The lowest BCUT2D eigenvalue weighted by Gasteiger charge is -2.43. The number of anilines is 1. The average molecular weight is 542 g/mol. The molecule has 196 valence electrons. The van der Waals surface area contributed by atoms with E-state index in [4.69, 9.17) is 5.11 Å². The van der Waals surface area contributed by atoms with Gasteiger partial charge in [0.05, 0.1) is 16.9 Å². The summed E-state index contributed by atoms with van der Waals surface area (Å²) in [4.78, 5) is 57.8. The monoisotopic (exact) mass is 541 g/mol. The predicted molar refractivity (Wildman–Crippen MR) is 142 cm³/mol. The van der Waals surface area contributed by atoms with Gasteiger partial charge in [0.25, 0.3) is 0 Å². The maximum atomic E-state index is 13.6. The van der Waals surface area contributed by atoms with E-state index in [1.54, 1.807) is 11.8 Å². The molecule has 2 aromatic rings. The van der Waals surface area contributed by atoms with Gasteiger partial charge in [-0.2, -0.15) is 0 Å². The first kappa shape index (κ1) is 24.7. The Morgan fingerprint density at radius 2 is 1.76 bits per heavy atom. The number of hydrogen-bond acceptors (Lipinski definition) is 7. The van der Waals surface area contributed by atoms with Crippen LogP contribution in [-0.4, -0.2) is 58.7 Å². The Morgan fingerprint density at radius 3 is 2.43 bits per heavy atom. The van der Waals surface area contributed by atoms with Crippen LogP contribution >= 0.6 is 23.1 Å². The number of carboxylic acids is 1. The number of nitrogens with zero attached hydrogens (tertiary/aromatic N) is 2. The Labute approximate surface area is 223 Å². The molecular formula is C27H31N3O5S2. The van der Waals surface area contributed by atoms with E-state index < -0.39 is 5.97 Å². The second kappa shape index (κ2) is 9.31. The lowest BCUT2D eigenvalue weighted by molar-refractivity contribution is -0.141. The third-order valence-corrected chi connectivity index (χ3v) is 11.4. The van der Waals surface area contributed by atoms with Gasteiger partial charge in [-0.05, 0) is 54.7 Å². The zero-order valence-electron chi connectivity index (χ0n) is 20.9. The number of nitrogens with one attached hydrogen (secondary N) is 1. The van der Waals surface area contributed by atoms with Crippen molar-refractivity contribution in [2.24, 2.45) is 29.6 Å². The molecule has 2 bridgehead atoms. The van der Waals surface area contributed by atoms with Crippen LogP contribution in [0.4, 0.5) is 5.69 Å². The highest BCUT2D eigenvalue weighted by Crippen LogP contribution is 2.68. The number of unbranched alkanes of at least 4 members (excludes halogenated alkanes) is 2. The van der Waals surface area contributed by atoms with Gasteiger partial charge in [0, 0.05) is 48.8 Å². The molecule has 1 saturated heterocycles. The number of fused-ring (bicyclic) bond motifs is 9. The van der Waals surface area contributed by atoms with E-state index in [2.05, 4.69) is 34.1 Å². The SMILES string of the molecule is CN(C)c1ccc([C@H]2c3sc(=O)[nH]c3S[C@@H]3[C@@H]4C[C@H]([C@H]5C(=O)N(CCCCCC(=O)O)C(=O)[C@H]45)[C@H]23)cc1. The van der Waals surface area contributed by atoms with Crippen LogP contribution in [0.2, 0.25) is 0 Å². The normalized spacial score (nSPS) is 31.4. The predicted octanol–water partition coefficient (Wildman–Crippen LogP) is 3.62. The van der Waals surface area contributed by atoms with Crippen molar-refractivity contribution in [2.75, 3.05) is 25.5 Å². The highest BCUT2D eigenvalue weighted by Gasteiger charge is 2.69. The van der Waals surface area contributed by atoms with Gasteiger partial charge in [-0.15, -0.1) is 11.8 Å². The highest BCUT2D eigenvalue weighted by molar-refractivity contribution is 8.00. The standard InChI is InChI=1S/C27H31N3O5S2/c1-29(2)14-9-7-13(8-10-14)18-19-15-12-16(22(19)36-24-23(18)37-27(35)28-24)21-20(15)25(33)30(26(21)34)11-5-3-4-6-17(31)32/h7-10,15-16,18-22H,3-6,11-12H2,1-2H3,(H,28,35)(H,31,32)/t15-,16+,18+,19+,20+,21+,22+/m0/s1. The van der Waals surface area contributed by atoms with Crippen LogP contribution in [0.1, 0.15) is 48.5 Å². The number of rotatable bonds is 8.